The molecule has 9 heteroatoms. The lowest BCUT2D eigenvalue weighted by atomic mass is 10.1. The Bertz CT molecular complexity index is 1190. The van der Waals surface area contributed by atoms with Crippen molar-refractivity contribution in [2.75, 3.05) is 26.3 Å². The van der Waals surface area contributed by atoms with Gasteiger partial charge in [0.2, 0.25) is 10.0 Å². The Morgan fingerprint density at radius 3 is 2.45 bits per heavy atom. The molecule has 2 aromatic heterocycles. The minimum absolute atomic E-state index is 0.192. The number of fused-ring (bicyclic) bond motifs is 1. The molecule has 1 aromatic carbocycles. The highest BCUT2D eigenvalue weighted by Gasteiger charge is 2.32. The predicted molar refractivity (Wildman–Crippen MR) is 115 cm³/mol. The van der Waals surface area contributed by atoms with Crippen LogP contribution in [-0.2, 0) is 10.0 Å². The van der Waals surface area contributed by atoms with Crippen LogP contribution in [0.25, 0.3) is 11.4 Å². The quantitative estimate of drug-likeness (QED) is 0.620. The second-order valence-electron chi connectivity index (χ2n) is 7.77. The number of piperidine rings is 1. The van der Waals surface area contributed by atoms with Gasteiger partial charge < -0.3 is 14.0 Å². The summed E-state index contributed by atoms with van der Waals surface area (Å²) in [7, 11) is -3.60. The normalized spacial score (nSPS) is 17.6. The van der Waals surface area contributed by atoms with Gasteiger partial charge in [-0.15, -0.1) is 0 Å². The zero-order valence-electron chi connectivity index (χ0n) is 17.3. The summed E-state index contributed by atoms with van der Waals surface area (Å²) >= 11 is 0. The smallest absolute Gasteiger partial charge is 0.243 e. The molecule has 0 unspecified atom stereocenters. The van der Waals surface area contributed by atoms with Gasteiger partial charge in [-0.1, -0.05) is 0 Å². The lowest BCUT2D eigenvalue weighted by Gasteiger charge is -2.33. The largest absolute Gasteiger partial charge is 0.486 e. The summed E-state index contributed by atoms with van der Waals surface area (Å²) in [6.45, 7) is 3.84. The number of sulfonamides is 1. The molecule has 162 valence electrons. The van der Waals surface area contributed by atoms with Gasteiger partial charge >= 0.3 is 0 Å². The number of imidazole rings is 1. The van der Waals surface area contributed by atoms with Crippen molar-refractivity contribution in [1.82, 2.24) is 18.8 Å². The summed E-state index contributed by atoms with van der Waals surface area (Å²) in [6, 6.07) is 8.91. The molecule has 4 heterocycles. The molecule has 0 saturated carbocycles. The van der Waals surface area contributed by atoms with Crippen molar-refractivity contribution in [3.63, 3.8) is 0 Å². The fourth-order valence-electron chi connectivity index (χ4n) is 4.30. The molecule has 0 spiro atoms. The standard InChI is InChI=1S/C22H24N4O4S/c1-16-15-24-22(17-4-8-23-9-5-17)26(16)18-6-10-25(11-7-18)31(27,28)19-2-3-20-21(14-19)30-13-12-29-20/h2-5,8-9,14-15,18H,6-7,10-13H2,1H3. The van der Waals surface area contributed by atoms with Crippen molar-refractivity contribution in [2.24, 2.45) is 0 Å². The molecule has 0 bridgehead atoms. The van der Waals surface area contributed by atoms with Gasteiger partial charge in [0.1, 0.15) is 19.0 Å². The second-order valence-corrected chi connectivity index (χ2v) is 9.71. The lowest BCUT2D eigenvalue weighted by molar-refractivity contribution is 0.171. The van der Waals surface area contributed by atoms with E-state index < -0.39 is 10.0 Å². The molecule has 2 aliphatic rings. The maximum atomic E-state index is 13.2. The Kier molecular flexibility index (Phi) is 5.15. The van der Waals surface area contributed by atoms with Crippen LogP contribution in [-0.4, -0.2) is 53.6 Å². The van der Waals surface area contributed by atoms with Crippen molar-refractivity contribution < 1.29 is 17.9 Å². The molecule has 2 aliphatic heterocycles. The van der Waals surface area contributed by atoms with Crippen molar-refractivity contribution >= 4 is 10.0 Å². The van der Waals surface area contributed by atoms with Gasteiger partial charge in [-0.2, -0.15) is 4.31 Å². The highest BCUT2D eigenvalue weighted by atomic mass is 32.2. The Hall–Kier alpha value is -2.91. The monoisotopic (exact) mass is 440 g/mol. The average Bonchev–Trinajstić information content (AvgIpc) is 3.20. The molecular formula is C22H24N4O4S. The maximum absolute atomic E-state index is 13.2. The second kappa shape index (κ2) is 7.97. The summed E-state index contributed by atoms with van der Waals surface area (Å²) in [5.41, 5.74) is 2.08. The molecule has 0 amide bonds. The highest BCUT2D eigenvalue weighted by Crippen LogP contribution is 2.35. The highest BCUT2D eigenvalue weighted by molar-refractivity contribution is 7.89. The van der Waals surface area contributed by atoms with Gasteiger partial charge in [-0.3, -0.25) is 4.98 Å². The first kappa shape index (κ1) is 20.0. The molecule has 1 fully saturated rings. The molecule has 31 heavy (non-hydrogen) atoms. The number of pyridine rings is 1. The van der Waals surface area contributed by atoms with Gasteiger partial charge in [-0.05, 0) is 44.0 Å². The number of aryl methyl sites for hydroxylation is 1. The topological polar surface area (TPSA) is 86.6 Å². The Morgan fingerprint density at radius 2 is 1.71 bits per heavy atom. The van der Waals surface area contributed by atoms with E-state index in [2.05, 4.69) is 14.5 Å². The van der Waals surface area contributed by atoms with Gasteiger partial charge in [-0.25, -0.2) is 13.4 Å². The number of benzene rings is 1. The number of ether oxygens (including phenoxy) is 2. The Morgan fingerprint density at radius 1 is 1.00 bits per heavy atom. The minimum Gasteiger partial charge on any atom is -0.486 e. The molecule has 5 rings (SSSR count). The molecule has 0 radical (unpaired) electrons. The molecule has 8 nitrogen and oxygen atoms in total. The van der Waals surface area contributed by atoms with Gasteiger partial charge in [0, 0.05) is 55.0 Å². The number of hydrogen-bond acceptors (Lipinski definition) is 6. The summed E-state index contributed by atoms with van der Waals surface area (Å²) < 4.78 is 41.3. The van der Waals surface area contributed by atoms with Crippen LogP contribution in [0.2, 0.25) is 0 Å². The van der Waals surface area contributed by atoms with Gasteiger partial charge in [0.25, 0.3) is 0 Å². The van der Waals surface area contributed by atoms with Crippen molar-refractivity contribution in [3.8, 4) is 22.9 Å². The van der Waals surface area contributed by atoms with E-state index in [1.807, 2.05) is 25.3 Å². The van der Waals surface area contributed by atoms with E-state index >= 15 is 0 Å². The van der Waals surface area contributed by atoms with E-state index in [1.54, 1.807) is 34.9 Å². The molecule has 0 atom stereocenters. The van der Waals surface area contributed by atoms with Crippen molar-refractivity contribution in [2.45, 2.75) is 30.7 Å². The van der Waals surface area contributed by atoms with Crippen LogP contribution >= 0.6 is 0 Å². The number of hydrogen-bond donors (Lipinski definition) is 0. The van der Waals surface area contributed by atoms with Crippen LogP contribution in [0.4, 0.5) is 0 Å². The Balaban J connectivity index is 1.35. The third-order valence-corrected chi connectivity index (χ3v) is 7.76. The van der Waals surface area contributed by atoms with Gasteiger partial charge in [0.15, 0.2) is 11.5 Å². The summed E-state index contributed by atoms with van der Waals surface area (Å²) in [5, 5.41) is 0. The summed E-state index contributed by atoms with van der Waals surface area (Å²) in [4.78, 5) is 8.92. The van der Waals surface area contributed by atoms with Gasteiger partial charge in [0.05, 0.1) is 4.90 Å². The minimum atomic E-state index is -3.60. The molecule has 0 aliphatic carbocycles. The van der Waals surface area contributed by atoms with Crippen LogP contribution in [0.1, 0.15) is 24.6 Å². The van der Waals surface area contributed by atoms with E-state index in [0.29, 0.717) is 37.8 Å². The molecule has 1 saturated heterocycles. The van der Waals surface area contributed by atoms with Crippen molar-refractivity contribution in [3.05, 3.63) is 54.6 Å². The van der Waals surface area contributed by atoms with Crippen LogP contribution in [0.15, 0.2) is 53.8 Å². The molecular weight excluding hydrogens is 416 g/mol. The SMILES string of the molecule is Cc1cnc(-c2ccncc2)n1C1CCN(S(=O)(=O)c2ccc3c(c2)OCCO3)CC1. The summed E-state index contributed by atoms with van der Waals surface area (Å²) in [6.07, 6.45) is 6.82. The Labute approximate surface area is 181 Å². The third-order valence-electron chi connectivity index (χ3n) is 5.86. The predicted octanol–water partition coefficient (Wildman–Crippen LogP) is 3.05. The van der Waals surface area contributed by atoms with E-state index in [-0.39, 0.29) is 10.9 Å². The van der Waals surface area contributed by atoms with Crippen LogP contribution < -0.4 is 9.47 Å². The maximum Gasteiger partial charge on any atom is 0.243 e. The molecule has 3 aromatic rings. The number of rotatable bonds is 4. The fourth-order valence-corrected chi connectivity index (χ4v) is 5.78. The summed E-state index contributed by atoms with van der Waals surface area (Å²) in [5.74, 6) is 1.97. The van der Waals surface area contributed by atoms with E-state index in [1.165, 1.54) is 0 Å². The van der Waals surface area contributed by atoms with E-state index in [9.17, 15) is 8.42 Å². The molecule has 0 N–H and O–H groups in total. The van der Waals surface area contributed by atoms with Crippen LogP contribution in [0.3, 0.4) is 0 Å². The first-order chi connectivity index (χ1) is 15.0. The zero-order chi connectivity index (χ0) is 21.4. The van der Waals surface area contributed by atoms with E-state index in [0.717, 1.165) is 29.9 Å². The first-order valence-electron chi connectivity index (χ1n) is 10.4. The lowest BCUT2D eigenvalue weighted by Crippen LogP contribution is -2.39. The number of nitrogens with zero attached hydrogens (tertiary/aromatic N) is 4. The van der Waals surface area contributed by atoms with Crippen molar-refractivity contribution in [1.29, 1.82) is 0 Å². The van der Waals surface area contributed by atoms with Crippen LogP contribution in [0.5, 0.6) is 11.5 Å². The van der Waals surface area contributed by atoms with Crippen LogP contribution in [0, 0.1) is 6.92 Å². The zero-order valence-corrected chi connectivity index (χ0v) is 18.1. The first-order valence-corrected chi connectivity index (χ1v) is 11.8. The third kappa shape index (κ3) is 3.68. The number of aromatic nitrogens is 3. The van der Waals surface area contributed by atoms with E-state index in [4.69, 9.17) is 9.47 Å². The fraction of sp³-hybridized carbons (Fsp3) is 0.364. The average molecular weight is 441 g/mol.